The second kappa shape index (κ2) is 2.76. The van der Waals surface area contributed by atoms with Crippen LogP contribution in [0.2, 0.25) is 4.47 Å². The molecule has 0 aliphatic rings. The smallest absolute Gasteiger partial charge is 0.184 e. The van der Waals surface area contributed by atoms with E-state index in [4.69, 9.17) is 21.9 Å². The lowest BCUT2D eigenvalue weighted by Crippen LogP contribution is -1.79. The van der Waals surface area contributed by atoms with Gasteiger partial charge < -0.3 is 10.3 Å². The highest BCUT2D eigenvalue weighted by Crippen LogP contribution is 2.29. The van der Waals surface area contributed by atoms with Gasteiger partial charge in [0.1, 0.15) is 0 Å². The maximum Gasteiger partial charge on any atom is 0.184 e. The van der Waals surface area contributed by atoms with Crippen LogP contribution in [0.4, 0.5) is 5.82 Å². The van der Waals surface area contributed by atoms with E-state index in [0.717, 1.165) is 4.88 Å². The van der Waals surface area contributed by atoms with Gasteiger partial charge in [-0.2, -0.15) is 0 Å². The Bertz CT molecular complexity index is 359. The Morgan fingerprint density at radius 2 is 2.42 bits per heavy atom. The van der Waals surface area contributed by atoms with Crippen LogP contribution in [0.15, 0.2) is 16.8 Å². The second-order valence-corrected chi connectivity index (χ2v) is 3.71. The fraction of sp³-hybridized carbons (Fsp3) is 0. The first-order valence-electron chi connectivity index (χ1n) is 3.09. The molecule has 2 aromatic rings. The van der Waals surface area contributed by atoms with Gasteiger partial charge in [0.2, 0.25) is 0 Å². The average Bonchev–Trinajstić information content (AvgIpc) is 2.58. The highest BCUT2D eigenvalue weighted by Gasteiger charge is 2.07. The van der Waals surface area contributed by atoms with Crippen molar-refractivity contribution in [3.05, 3.63) is 16.7 Å². The van der Waals surface area contributed by atoms with Gasteiger partial charge >= 0.3 is 0 Å². The van der Waals surface area contributed by atoms with Crippen molar-refractivity contribution in [2.24, 2.45) is 0 Å². The van der Waals surface area contributed by atoms with E-state index in [1.54, 1.807) is 12.3 Å². The summed E-state index contributed by atoms with van der Waals surface area (Å²) in [4.78, 5) is 4.68. The van der Waals surface area contributed by atoms with Crippen molar-refractivity contribution in [1.82, 2.24) is 10.1 Å². The molecule has 0 saturated heterocycles. The van der Waals surface area contributed by atoms with Crippen LogP contribution >= 0.6 is 22.9 Å². The summed E-state index contributed by atoms with van der Waals surface area (Å²) in [6, 6.07) is 1.63. The number of hydrogen-bond donors (Lipinski definition) is 1. The predicted octanol–water partition coefficient (Wildman–Crippen LogP) is 2.03. The largest absolute Gasteiger partial charge is 0.381 e. The molecule has 0 aliphatic heterocycles. The van der Waals surface area contributed by atoms with Gasteiger partial charge in [0.25, 0.3) is 0 Å². The first-order chi connectivity index (χ1) is 5.75. The van der Waals surface area contributed by atoms with Crippen LogP contribution in [0.1, 0.15) is 0 Å². The zero-order valence-corrected chi connectivity index (χ0v) is 7.39. The Labute approximate surface area is 77.0 Å². The maximum atomic E-state index is 5.63. The van der Waals surface area contributed by atoms with Crippen LogP contribution in [-0.4, -0.2) is 10.1 Å². The summed E-state index contributed by atoms with van der Waals surface area (Å²) in [5, 5.41) is 3.54. The fourth-order valence-electron chi connectivity index (χ4n) is 0.772. The van der Waals surface area contributed by atoms with Crippen molar-refractivity contribution in [3.63, 3.8) is 0 Å². The van der Waals surface area contributed by atoms with Gasteiger partial charge in [-0.05, 0) is 0 Å². The molecular weight excluding hydrogens is 198 g/mol. The minimum absolute atomic E-state index is 0.356. The summed E-state index contributed by atoms with van der Waals surface area (Å²) in [6.45, 7) is 0. The molecule has 0 radical (unpaired) electrons. The van der Waals surface area contributed by atoms with Gasteiger partial charge in [0.15, 0.2) is 16.0 Å². The molecule has 0 spiro atoms. The second-order valence-electron chi connectivity index (χ2n) is 2.09. The molecule has 2 rings (SSSR count). The van der Waals surface area contributed by atoms with Crippen LogP contribution < -0.4 is 5.73 Å². The predicted molar refractivity (Wildman–Crippen MR) is 47.0 cm³/mol. The minimum atomic E-state index is 0.356. The Hall–Kier alpha value is -1.07. The lowest BCUT2D eigenvalue weighted by molar-refractivity contribution is 0.436. The molecule has 0 fully saturated rings. The summed E-state index contributed by atoms with van der Waals surface area (Å²) < 4.78 is 5.37. The molecule has 12 heavy (non-hydrogen) atoms. The lowest BCUT2D eigenvalue weighted by atomic mass is 10.4. The molecule has 0 unspecified atom stereocenters. The van der Waals surface area contributed by atoms with Crippen LogP contribution in [0.5, 0.6) is 0 Å². The Kier molecular flexibility index (Phi) is 1.74. The summed E-state index contributed by atoms with van der Waals surface area (Å²) in [5.41, 5.74) is 5.37. The zero-order chi connectivity index (χ0) is 8.55. The van der Waals surface area contributed by atoms with Gasteiger partial charge in [-0.1, -0.05) is 28.1 Å². The van der Waals surface area contributed by atoms with E-state index in [-0.39, 0.29) is 0 Å². The first-order valence-corrected chi connectivity index (χ1v) is 4.29. The highest BCUT2D eigenvalue weighted by atomic mass is 35.5. The molecule has 0 atom stereocenters. The summed E-state index contributed by atoms with van der Waals surface area (Å²) >= 11 is 6.95. The SMILES string of the molecule is Nc1cc(-c2cnc(Cl)s2)on1. The van der Waals surface area contributed by atoms with Gasteiger partial charge in [-0.15, -0.1) is 0 Å². The third-order valence-corrected chi connectivity index (χ3v) is 2.38. The van der Waals surface area contributed by atoms with Crippen molar-refractivity contribution in [1.29, 1.82) is 0 Å². The minimum Gasteiger partial charge on any atom is -0.381 e. The summed E-state index contributed by atoms with van der Waals surface area (Å²) in [7, 11) is 0. The van der Waals surface area contributed by atoms with Crippen LogP contribution in [0.25, 0.3) is 10.6 Å². The number of aromatic nitrogens is 2. The number of nitrogen functional groups attached to an aromatic ring is 1. The van der Waals surface area contributed by atoms with Crippen molar-refractivity contribution in [2.75, 3.05) is 5.73 Å². The molecule has 62 valence electrons. The van der Waals surface area contributed by atoms with Crippen LogP contribution in [0.3, 0.4) is 0 Å². The lowest BCUT2D eigenvalue weighted by Gasteiger charge is -1.81. The first kappa shape index (κ1) is 7.57. The quantitative estimate of drug-likeness (QED) is 0.767. The van der Waals surface area contributed by atoms with E-state index in [1.807, 2.05) is 0 Å². The van der Waals surface area contributed by atoms with Crippen molar-refractivity contribution in [2.45, 2.75) is 0 Å². The van der Waals surface area contributed by atoms with Crippen LogP contribution in [-0.2, 0) is 0 Å². The van der Waals surface area contributed by atoms with E-state index >= 15 is 0 Å². The zero-order valence-electron chi connectivity index (χ0n) is 5.82. The van der Waals surface area contributed by atoms with E-state index in [1.165, 1.54) is 11.3 Å². The maximum absolute atomic E-state index is 5.63. The molecular formula is C6H4ClN3OS. The van der Waals surface area contributed by atoms with Gasteiger partial charge in [0.05, 0.1) is 11.1 Å². The van der Waals surface area contributed by atoms with E-state index < -0.39 is 0 Å². The number of anilines is 1. The highest BCUT2D eigenvalue weighted by molar-refractivity contribution is 7.18. The number of nitrogens with two attached hydrogens (primary N) is 1. The van der Waals surface area contributed by atoms with E-state index in [9.17, 15) is 0 Å². The molecule has 0 bridgehead atoms. The third-order valence-electron chi connectivity index (χ3n) is 1.25. The third kappa shape index (κ3) is 1.28. The van der Waals surface area contributed by atoms with Crippen molar-refractivity contribution >= 4 is 28.8 Å². The summed E-state index contributed by atoms with van der Waals surface area (Å²) in [6.07, 6.45) is 1.62. The van der Waals surface area contributed by atoms with E-state index in [2.05, 4.69) is 10.1 Å². The standard InChI is InChI=1S/C6H4ClN3OS/c7-6-9-2-4(12-6)3-1-5(8)10-11-3/h1-2H,(H2,8,10). The Balaban J connectivity index is 2.43. The van der Waals surface area contributed by atoms with Gasteiger partial charge in [-0.25, -0.2) is 4.98 Å². The Morgan fingerprint density at radius 1 is 1.58 bits per heavy atom. The number of thiazole rings is 1. The number of halogens is 1. The number of nitrogens with zero attached hydrogens (tertiary/aromatic N) is 2. The molecule has 0 aromatic carbocycles. The molecule has 6 heteroatoms. The molecule has 0 amide bonds. The van der Waals surface area contributed by atoms with E-state index in [0.29, 0.717) is 16.0 Å². The molecule has 2 heterocycles. The molecule has 0 saturated carbocycles. The van der Waals surface area contributed by atoms with Gasteiger partial charge in [-0.3, -0.25) is 0 Å². The average molecular weight is 202 g/mol. The molecule has 2 N–H and O–H groups in total. The van der Waals surface area contributed by atoms with Crippen molar-refractivity contribution in [3.8, 4) is 10.6 Å². The monoisotopic (exact) mass is 201 g/mol. The van der Waals surface area contributed by atoms with Crippen LogP contribution in [0, 0.1) is 0 Å². The van der Waals surface area contributed by atoms with Gasteiger partial charge in [0, 0.05) is 6.07 Å². The molecule has 4 nitrogen and oxygen atoms in total. The Morgan fingerprint density at radius 3 is 2.92 bits per heavy atom. The fourth-order valence-corrected chi connectivity index (χ4v) is 1.66. The molecule has 2 aromatic heterocycles. The normalized spacial score (nSPS) is 10.4. The number of hydrogen-bond acceptors (Lipinski definition) is 5. The number of rotatable bonds is 1. The summed E-state index contributed by atoms with van der Waals surface area (Å²) in [5.74, 6) is 0.950. The topological polar surface area (TPSA) is 64.9 Å². The van der Waals surface area contributed by atoms with Crippen molar-refractivity contribution < 1.29 is 4.52 Å². The molecule has 0 aliphatic carbocycles.